The number of alkyl halides is 3. The number of hydrogen-bond donors (Lipinski definition) is 1. The summed E-state index contributed by atoms with van der Waals surface area (Å²) in [5.74, 6) is -0.605. The summed E-state index contributed by atoms with van der Waals surface area (Å²) in [7, 11) is 1.54. The number of nitrogens with one attached hydrogen (secondary N) is 1. The zero-order chi connectivity index (χ0) is 13.4. The highest BCUT2D eigenvalue weighted by Crippen LogP contribution is 2.44. The van der Waals surface area contributed by atoms with E-state index in [4.69, 9.17) is 0 Å². The molecule has 1 aliphatic rings. The summed E-state index contributed by atoms with van der Waals surface area (Å²) in [4.78, 5) is 15.8. The van der Waals surface area contributed by atoms with Crippen molar-refractivity contribution in [1.82, 2.24) is 20.1 Å². The maximum atomic E-state index is 13.1. The predicted octanol–water partition coefficient (Wildman–Crippen LogP) is 0.469. The number of Topliss-reactive ketones (excluding diaryl/α,β-unsaturated/α-hetero) is 1. The van der Waals surface area contributed by atoms with Gasteiger partial charge in [-0.05, 0) is 13.0 Å². The van der Waals surface area contributed by atoms with E-state index in [9.17, 15) is 18.0 Å². The van der Waals surface area contributed by atoms with Crippen molar-refractivity contribution >= 4 is 5.78 Å². The minimum atomic E-state index is -4.54. The van der Waals surface area contributed by atoms with Crippen LogP contribution in [0.15, 0.2) is 6.33 Å². The molecule has 0 radical (unpaired) electrons. The van der Waals surface area contributed by atoms with E-state index in [0.29, 0.717) is 0 Å². The minimum absolute atomic E-state index is 0.198. The smallest absolute Gasteiger partial charge is 0.315 e. The van der Waals surface area contributed by atoms with Crippen LogP contribution >= 0.6 is 0 Å². The lowest BCUT2D eigenvalue weighted by Gasteiger charge is -2.29. The van der Waals surface area contributed by atoms with Crippen LogP contribution in [0, 0.1) is 5.41 Å². The van der Waals surface area contributed by atoms with E-state index in [1.54, 1.807) is 7.05 Å². The average molecular weight is 262 g/mol. The molecule has 1 aromatic rings. The largest absolute Gasteiger partial charge is 0.402 e. The molecule has 8 heteroatoms. The molecule has 0 spiro atoms. The van der Waals surface area contributed by atoms with Gasteiger partial charge in [0.05, 0.1) is 6.42 Å². The molecule has 0 amide bonds. The summed E-state index contributed by atoms with van der Waals surface area (Å²) >= 11 is 0. The lowest BCUT2D eigenvalue weighted by Crippen LogP contribution is -2.47. The molecule has 1 aliphatic heterocycles. The zero-order valence-corrected chi connectivity index (χ0v) is 9.79. The fraction of sp³-hybridized carbons (Fsp3) is 0.700. The zero-order valence-electron chi connectivity index (χ0n) is 9.79. The van der Waals surface area contributed by atoms with Crippen LogP contribution in [0.4, 0.5) is 13.2 Å². The first kappa shape index (κ1) is 13.0. The van der Waals surface area contributed by atoms with Gasteiger partial charge >= 0.3 is 6.18 Å². The molecule has 0 aromatic carbocycles. The van der Waals surface area contributed by atoms with Crippen molar-refractivity contribution in [3.05, 3.63) is 12.2 Å². The standard InChI is InChI=1S/C10H13F3N4O/c1-17-8(15-6-16-17)4-7(18)9(10(11,12)13)2-3-14-5-9/h6,14H,2-5H2,1H3. The Hall–Kier alpha value is -1.44. The van der Waals surface area contributed by atoms with E-state index in [2.05, 4.69) is 15.4 Å². The van der Waals surface area contributed by atoms with Crippen molar-refractivity contribution in [3.63, 3.8) is 0 Å². The second-order valence-electron chi connectivity index (χ2n) is 4.41. The second-order valence-corrected chi connectivity index (χ2v) is 4.41. The van der Waals surface area contributed by atoms with Crippen LogP contribution < -0.4 is 5.32 Å². The highest BCUT2D eigenvalue weighted by Gasteiger charge is 2.60. The number of aryl methyl sites for hydroxylation is 1. The molecule has 1 saturated heterocycles. The quantitative estimate of drug-likeness (QED) is 0.860. The van der Waals surface area contributed by atoms with Gasteiger partial charge in [0.2, 0.25) is 0 Å². The molecule has 2 rings (SSSR count). The number of ketones is 1. The Balaban J connectivity index is 2.23. The maximum Gasteiger partial charge on any atom is 0.402 e. The Morgan fingerprint density at radius 3 is 2.78 bits per heavy atom. The van der Waals surface area contributed by atoms with Crippen LogP contribution in [0.2, 0.25) is 0 Å². The van der Waals surface area contributed by atoms with Gasteiger partial charge in [0, 0.05) is 13.6 Å². The molecule has 1 fully saturated rings. The van der Waals surface area contributed by atoms with Crippen LogP contribution in [-0.2, 0) is 18.3 Å². The highest BCUT2D eigenvalue weighted by atomic mass is 19.4. The van der Waals surface area contributed by atoms with Crippen LogP contribution in [0.5, 0.6) is 0 Å². The summed E-state index contributed by atoms with van der Waals surface area (Å²) in [6.07, 6.45) is -3.88. The van der Waals surface area contributed by atoms with Crippen LogP contribution in [0.25, 0.3) is 0 Å². The van der Waals surface area contributed by atoms with Gasteiger partial charge in [0.15, 0.2) is 5.78 Å². The molecule has 0 bridgehead atoms. The lowest BCUT2D eigenvalue weighted by molar-refractivity contribution is -0.214. The van der Waals surface area contributed by atoms with Crippen molar-refractivity contribution < 1.29 is 18.0 Å². The Labute approximate surface area is 101 Å². The first-order valence-corrected chi connectivity index (χ1v) is 5.50. The van der Waals surface area contributed by atoms with Crippen molar-refractivity contribution in [2.75, 3.05) is 13.1 Å². The Morgan fingerprint density at radius 2 is 2.33 bits per heavy atom. The molecule has 2 heterocycles. The summed E-state index contributed by atoms with van der Waals surface area (Å²) in [6, 6.07) is 0. The van der Waals surface area contributed by atoms with Gasteiger partial charge in [-0.1, -0.05) is 0 Å². The van der Waals surface area contributed by atoms with E-state index in [0.717, 1.165) is 0 Å². The number of halogens is 3. The molecule has 1 aromatic heterocycles. The molecule has 1 N–H and O–H groups in total. The SMILES string of the molecule is Cn1ncnc1CC(=O)C1(C(F)(F)F)CCNC1. The Morgan fingerprint density at radius 1 is 1.61 bits per heavy atom. The lowest BCUT2D eigenvalue weighted by atomic mass is 9.80. The van der Waals surface area contributed by atoms with Crippen molar-refractivity contribution in [3.8, 4) is 0 Å². The number of aromatic nitrogens is 3. The van der Waals surface area contributed by atoms with Crippen molar-refractivity contribution in [2.45, 2.75) is 19.0 Å². The summed E-state index contributed by atoms with van der Waals surface area (Å²) in [6.45, 7) is -0.156. The van der Waals surface area contributed by atoms with Crippen LogP contribution in [0.3, 0.4) is 0 Å². The summed E-state index contributed by atoms with van der Waals surface area (Å²) in [5, 5.41) is 6.35. The molecule has 1 unspecified atom stereocenters. The number of rotatable bonds is 3. The monoisotopic (exact) mass is 262 g/mol. The van der Waals surface area contributed by atoms with E-state index in [1.807, 2.05) is 0 Å². The topological polar surface area (TPSA) is 59.8 Å². The molecular formula is C10H13F3N4O. The molecule has 0 saturated carbocycles. The Kier molecular flexibility index (Phi) is 3.14. The number of hydrogen-bond acceptors (Lipinski definition) is 4. The third-order valence-corrected chi connectivity index (χ3v) is 3.36. The fourth-order valence-electron chi connectivity index (χ4n) is 2.12. The van der Waals surface area contributed by atoms with Gasteiger partial charge in [-0.25, -0.2) is 4.98 Å². The van der Waals surface area contributed by atoms with Crippen molar-refractivity contribution in [2.24, 2.45) is 12.5 Å². The normalized spacial score (nSPS) is 24.4. The first-order valence-electron chi connectivity index (χ1n) is 5.50. The molecule has 5 nitrogen and oxygen atoms in total. The molecule has 0 aliphatic carbocycles. The van der Waals surface area contributed by atoms with E-state index in [1.165, 1.54) is 11.0 Å². The summed E-state index contributed by atoms with van der Waals surface area (Å²) < 4.78 is 40.6. The van der Waals surface area contributed by atoms with Gasteiger partial charge in [0.1, 0.15) is 17.6 Å². The van der Waals surface area contributed by atoms with Gasteiger partial charge in [-0.2, -0.15) is 18.3 Å². The molecule has 18 heavy (non-hydrogen) atoms. The first-order chi connectivity index (χ1) is 8.37. The molecule has 100 valence electrons. The number of carbonyl (C=O) groups excluding carboxylic acids is 1. The van der Waals surface area contributed by atoms with Gasteiger partial charge in [0.25, 0.3) is 0 Å². The van der Waals surface area contributed by atoms with Crippen LogP contribution in [-0.4, -0.2) is 39.8 Å². The van der Waals surface area contributed by atoms with Crippen LogP contribution in [0.1, 0.15) is 12.2 Å². The third-order valence-electron chi connectivity index (χ3n) is 3.36. The average Bonchev–Trinajstić information content (AvgIpc) is 2.87. The fourth-order valence-corrected chi connectivity index (χ4v) is 2.12. The highest BCUT2D eigenvalue weighted by molar-refractivity contribution is 5.87. The van der Waals surface area contributed by atoms with Gasteiger partial charge in [-0.15, -0.1) is 0 Å². The summed E-state index contributed by atoms with van der Waals surface area (Å²) in [5.41, 5.74) is -2.28. The van der Waals surface area contributed by atoms with Gasteiger partial charge in [-0.3, -0.25) is 9.48 Å². The van der Waals surface area contributed by atoms with E-state index >= 15 is 0 Å². The van der Waals surface area contributed by atoms with E-state index < -0.39 is 17.4 Å². The molecule has 1 atom stereocenters. The minimum Gasteiger partial charge on any atom is -0.315 e. The third kappa shape index (κ3) is 2.00. The molecular weight excluding hydrogens is 249 g/mol. The second kappa shape index (κ2) is 4.34. The van der Waals surface area contributed by atoms with E-state index in [-0.39, 0.29) is 31.8 Å². The maximum absolute atomic E-state index is 13.1. The predicted molar refractivity (Wildman–Crippen MR) is 55.7 cm³/mol. The Bertz CT molecular complexity index is 448. The van der Waals surface area contributed by atoms with Crippen molar-refractivity contribution in [1.29, 1.82) is 0 Å². The van der Waals surface area contributed by atoms with Gasteiger partial charge < -0.3 is 5.32 Å². The number of carbonyl (C=O) groups is 1. The number of nitrogens with zero attached hydrogens (tertiary/aromatic N) is 3.